The largest absolute Gasteiger partial charge is 0.334 e. The molecule has 0 aromatic carbocycles. The summed E-state index contributed by atoms with van der Waals surface area (Å²) in [4.78, 5) is 17.1. The number of aryl methyl sites for hydroxylation is 2. The van der Waals surface area contributed by atoms with Crippen LogP contribution < -0.4 is 0 Å². The van der Waals surface area contributed by atoms with Crippen LogP contribution in [0, 0.1) is 0 Å². The first-order chi connectivity index (χ1) is 11.5. The fourth-order valence-corrected chi connectivity index (χ4v) is 6.74. The molecule has 1 aromatic heterocycles. The van der Waals surface area contributed by atoms with E-state index in [2.05, 4.69) is 6.07 Å². The third kappa shape index (κ3) is 4.02. The molecule has 0 saturated carbocycles. The lowest BCUT2D eigenvalue weighted by Crippen LogP contribution is -2.41. The molecule has 1 atom stereocenters. The van der Waals surface area contributed by atoms with Crippen molar-refractivity contribution >= 4 is 27.1 Å². The third-order valence-electron chi connectivity index (χ3n) is 5.08. The first-order valence-electron chi connectivity index (χ1n) is 9.13. The molecule has 1 saturated heterocycles. The van der Waals surface area contributed by atoms with Crippen LogP contribution in [0.4, 0.5) is 0 Å². The molecule has 0 bridgehead atoms. The van der Waals surface area contributed by atoms with Gasteiger partial charge in [0.05, 0.1) is 16.4 Å². The highest BCUT2D eigenvalue weighted by Gasteiger charge is 2.35. The minimum Gasteiger partial charge on any atom is -0.334 e. The van der Waals surface area contributed by atoms with Crippen LogP contribution >= 0.6 is 11.3 Å². The number of carbonyl (C=O) groups excluding carboxylic acids is 1. The lowest BCUT2D eigenvalue weighted by atomic mass is 9.99. The number of thiophene rings is 1. The highest BCUT2D eigenvalue weighted by molar-refractivity contribution is 7.91. The maximum absolute atomic E-state index is 13.1. The number of carbonyl (C=O) groups is 1. The number of rotatable bonds is 4. The van der Waals surface area contributed by atoms with Crippen LogP contribution in [-0.2, 0) is 22.7 Å². The zero-order chi connectivity index (χ0) is 17.2. The average molecular weight is 370 g/mol. The zero-order valence-electron chi connectivity index (χ0n) is 14.4. The molecule has 0 spiro atoms. The van der Waals surface area contributed by atoms with E-state index in [0.29, 0.717) is 13.0 Å². The van der Waals surface area contributed by atoms with Crippen molar-refractivity contribution in [2.75, 3.05) is 18.1 Å². The minimum absolute atomic E-state index is 0.0377. The van der Waals surface area contributed by atoms with Crippen molar-refractivity contribution in [3.05, 3.63) is 21.4 Å². The minimum atomic E-state index is -2.98. The molecular weight excluding hydrogens is 342 g/mol. The molecular formula is C18H27NO3S2. The number of nitrogens with zero attached hydrogens (tertiary/aromatic N) is 1. The number of hydrogen-bond donors (Lipinski definition) is 0. The molecule has 2 heterocycles. The highest BCUT2D eigenvalue weighted by Crippen LogP contribution is 2.30. The summed E-state index contributed by atoms with van der Waals surface area (Å²) in [6.45, 7) is 2.68. The van der Waals surface area contributed by atoms with Gasteiger partial charge in [0, 0.05) is 17.5 Å². The summed E-state index contributed by atoms with van der Waals surface area (Å²) < 4.78 is 23.6. The maximum Gasteiger partial charge on any atom is 0.264 e. The van der Waals surface area contributed by atoms with E-state index in [1.165, 1.54) is 36.1 Å². The van der Waals surface area contributed by atoms with Gasteiger partial charge in [-0.05, 0) is 50.2 Å². The first kappa shape index (κ1) is 17.9. The summed E-state index contributed by atoms with van der Waals surface area (Å²) in [5, 5.41) is 0. The average Bonchev–Trinajstić information content (AvgIpc) is 3.07. The molecule has 4 nitrogen and oxygen atoms in total. The second-order valence-electron chi connectivity index (χ2n) is 7.03. The fraction of sp³-hybridized carbons (Fsp3) is 0.722. The Bertz CT molecular complexity index is 668. The Labute approximate surface area is 149 Å². The summed E-state index contributed by atoms with van der Waals surface area (Å²) in [5.41, 5.74) is 1.35. The normalized spacial score (nSPS) is 23.3. The molecule has 134 valence electrons. The van der Waals surface area contributed by atoms with Crippen molar-refractivity contribution in [3.63, 3.8) is 0 Å². The molecule has 24 heavy (non-hydrogen) atoms. The van der Waals surface area contributed by atoms with Gasteiger partial charge in [-0.15, -0.1) is 11.3 Å². The van der Waals surface area contributed by atoms with Crippen LogP contribution in [0.5, 0.6) is 0 Å². The quantitative estimate of drug-likeness (QED) is 0.817. The van der Waals surface area contributed by atoms with Gasteiger partial charge < -0.3 is 4.90 Å². The van der Waals surface area contributed by atoms with Gasteiger partial charge in [-0.3, -0.25) is 4.79 Å². The Morgan fingerprint density at radius 1 is 1.25 bits per heavy atom. The van der Waals surface area contributed by atoms with Crippen molar-refractivity contribution in [1.29, 1.82) is 0 Å². The molecule has 2 aliphatic rings. The van der Waals surface area contributed by atoms with Gasteiger partial charge in [-0.1, -0.05) is 19.8 Å². The van der Waals surface area contributed by atoms with Gasteiger partial charge in [0.1, 0.15) is 0 Å². The molecule has 0 N–H and O–H groups in total. The van der Waals surface area contributed by atoms with Crippen molar-refractivity contribution in [1.82, 2.24) is 4.90 Å². The van der Waals surface area contributed by atoms with Crippen LogP contribution in [0.1, 0.15) is 65.6 Å². The van der Waals surface area contributed by atoms with Crippen LogP contribution in [-0.4, -0.2) is 43.3 Å². The van der Waals surface area contributed by atoms with Gasteiger partial charge in [-0.2, -0.15) is 0 Å². The van der Waals surface area contributed by atoms with Gasteiger partial charge in [0.2, 0.25) is 0 Å². The Morgan fingerprint density at radius 2 is 2.00 bits per heavy atom. The molecule has 0 radical (unpaired) electrons. The Morgan fingerprint density at radius 3 is 2.67 bits per heavy atom. The zero-order valence-corrected chi connectivity index (χ0v) is 16.1. The Kier molecular flexibility index (Phi) is 5.65. The van der Waals surface area contributed by atoms with E-state index in [-0.39, 0.29) is 23.5 Å². The highest BCUT2D eigenvalue weighted by atomic mass is 32.2. The van der Waals surface area contributed by atoms with Gasteiger partial charge >= 0.3 is 0 Å². The second-order valence-corrected chi connectivity index (χ2v) is 10.4. The summed E-state index contributed by atoms with van der Waals surface area (Å²) in [5.74, 6) is 0.381. The summed E-state index contributed by atoms with van der Waals surface area (Å²) >= 11 is 1.64. The fourth-order valence-electron chi connectivity index (χ4n) is 3.80. The van der Waals surface area contributed by atoms with Crippen molar-refractivity contribution in [2.45, 2.75) is 64.3 Å². The van der Waals surface area contributed by atoms with Gasteiger partial charge in [0.25, 0.3) is 5.91 Å². The van der Waals surface area contributed by atoms with Gasteiger partial charge in [-0.25, -0.2) is 8.42 Å². The standard InChI is InChI=1S/C18H27NO3S2/c1-2-10-19(15-9-11-24(21,22)13-15)18(20)17-12-14-7-5-3-4-6-8-16(14)23-17/h12,15H,2-11,13H2,1H3. The van der Waals surface area contributed by atoms with E-state index in [4.69, 9.17) is 0 Å². The van der Waals surface area contributed by atoms with Crippen molar-refractivity contribution < 1.29 is 13.2 Å². The van der Waals surface area contributed by atoms with Gasteiger partial charge in [0.15, 0.2) is 9.84 Å². The number of fused-ring (bicyclic) bond motifs is 1. The van der Waals surface area contributed by atoms with E-state index < -0.39 is 9.84 Å². The predicted molar refractivity (Wildman–Crippen MR) is 98.6 cm³/mol. The van der Waals surface area contributed by atoms with Crippen molar-refractivity contribution in [2.24, 2.45) is 0 Å². The van der Waals surface area contributed by atoms with Crippen LogP contribution in [0.2, 0.25) is 0 Å². The van der Waals surface area contributed by atoms with E-state index >= 15 is 0 Å². The third-order valence-corrected chi connectivity index (χ3v) is 8.06. The molecule has 1 unspecified atom stereocenters. The molecule has 1 aliphatic carbocycles. The molecule has 1 amide bonds. The number of sulfone groups is 1. The lowest BCUT2D eigenvalue weighted by Gasteiger charge is -2.27. The first-order valence-corrected chi connectivity index (χ1v) is 11.8. The molecule has 3 rings (SSSR count). The SMILES string of the molecule is CCCN(C(=O)c1cc2c(s1)CCCCCC2)C1CCS(=O)(=O)C1. The van der Waals surface area contributed by atoms with E-state index in [1.807, 2.05) is 11.8 Å². The smallest absolute Gasteiger partial charge is 0.264 e. The number of hydrogen-bond acceptors (Lipinski definition) is 4. The summed E-state index contributed by atoms with van der Waals surface area (Å²) in [7, 11) is -2.98. The van der Waals surface area contributed by atoms with E-state index in [0.717, 1.165) is 24.1 Å². The van der Waals surface area contributed by atoms with Crippen LogP contribution in [0.3, 0.4) is 0 Å². The summed E-state index contributed by atoms with van der Waals surface area (Å²) in [6.07, 6.45) is 8.57. The molecule has 1 aliphatic heterocycles. The monoisotopic (exact) mass is 369 g/mol. The van der Waals surface area contributed by atoms with E-state index in [9.17, 15) is 13.2 Å². The molecule has 1 fully saturated rings. The van der Waals surface area contributed by atoms with E-state index in [1.54, 1.807) is 11.3 Å². The van der Waals surface area contributed by atoms with Crippen LogP contribution in [0.15, 0.2) is 6.07 Å². The van der Waals surface area contributed by atoms with Crippen LogP contribution in [0.25, 0.3) is 0 Å². The van der Waals surface area contributed by atoms with Crippen molar-refractivity contribution in [3.8, 4) is 0 Å². The maximum atomic E-state index is 13.1. The lowest BCUT2D eigenvalue weighted by molar-refractivity contribution is 0.0702. The summed E-state index contributed by atoms with van der Waals surface area (Å²) in [6, 6.07) is 1.94. The Balaban J connectivity index is 1.81. The second kappa shape index (κ2) is 7.56. The molecule has 1 aromatic rings. The molecule has 6 heteroatoms. The predicted octanol–water partition coefficient (Wildman–Crippen LogP) is 3.45. The topological polar surface area (TPSA) is 54.5 Å². The number of amides is 1. The Hall–Kier alpha value is -0.880.